The van der Waals surface area contributed by atoms with Crippen molar-refractivity contribution in [3.05, 3.63) is 31.2 Å². The van der Waals surface area contributed by atoms with Crippen LogP contribution in [-0.2, 0) is 0 Å². The molecule has 0 rings (SSSR count). The molecule has 0 aliphatic rings. The SMILES string of the molecule is C=CCCC[CH]CCC=CC. The predicted molar refractivity (Wildman–Crippen MR) is 52.4 cm³/mol. The molecule has 63 valence electrons. The summed E-state index contributed by atoms with van der Waals surface area (Å²) < 4.78 is 0. The molecule has 0 atom stereocenters. The molecule has 0 fully saturated rings. The van der Waals surface area contributed by atoms with Crippen molar-refractivity contribution >= 4 is 0 Å². The highest BCUT2D eigenvalue weighted by molar-refractivity contribution is 4.80. The molecule has 0 heteroatoms. The van der Waals surface area contributed by atoms with Crippen molar-refractivity contribution in [1.29, 1.82) is 0 Å². The summed E-state index contributed by atoms with van der Waals surface area (Å²) in [6.45, 7) is 5.75. The van der Waals surface area contributed by atoms with E-state index in [0.29, 0.717) is 0 Å². The summed E-state index contributed by atoms with van der Waals surface area (Å²) in [5.41, 5.74) is 0. The van der Waals surface area contributed by atoms with Crippen LogP contribution in [0.2, 0.25) is 0 Å². The molecule has 0 aromatic rings. The first-order valence-electron chi connectivity index (χ1n) is 4.45. The van der Waals surface area contributed by atoms with E-state index in [2.05, 4.69) is 32.1 Å². The number of allylic oxidation sites excluding steroid dienone is 3. The van der Waals surface area contributed by atoms with Crippen molar-refractivity contribution in [3.8, 4) is 0 Å². The van der Waals surface area contributed by atoms with Gasteiger partial charge in [-0.3, -0.25) is 0 Å². The fourth-order valence-corrected chi connectivity index (χ4v) is 0.932. The molecule has 0 aromatic heterocycles. The normalized spacial score (nSPS) is 10.6. The maximum atomic E-state index is 3.68. The minimum Gasteiger partial charge on any atom is -0.103 e. The van der Waals surface area contributed by atoms with E-state index in [1.807, 2.05) is 6.08 Å². The highest BCUT2D eigenvalue weighted by atomic mass is 13.9. The molecular weight excluding hydrogens is 132 g/mol. The summed E-state index contributed by atoms with van der Waals surface area (Å²) in [4.78, 5) is 0. The summed E-state index contributed by atoms with van der Waals surface area (Å²) in [7, 11) is 0. The van der Waals surface area contributed by atoms with Crippen molar-refractivity contribution in [2.75, 3.05) is 0 Å². The molecule has 0 unspecified atom stereocenters. The summed E-state index contributed by atoms with van der Waals surface area (Å²) in [6.07, 6.45) is 14.7. The Hall–Kier alpha value is -0.520. The van der Waals surface area contributed by atoms with Gasteiger partial charge in [-0.25, -0.2) is 0 Å². The summed E-state index contributed by atoms with van der Waals surface area (Å²) in [5, 5.41) is 0. The number of hydrogen-bond donors (Lipinski definition) is 0. The number of hydrogen-bond acceptors (Lipinski definition) is 0. The van der Waals surface area contributed by atoms with E-state index in [1.54, 1.807) is 0 Å². The number of rotatable bonds is 7. The van der Waals surface area contributed by atoms with Gasteiger partial charge in [-0.15, -0.1) is 6.58 Å². The smallest absolute Gasteiger partial charge is 0.0348 e. The zero-order valence-corrected chi connectivity index (χ0v) is 7.55. The van der Waals surface area contributed by atoms with Gasteiger partial charge >= 0.3 is 0 Å². The van der Waals surface area contributed by atoms with Gasteiger partial charge in [-0.2, -0.15) is 0 Å². The second kappa shape index (κ2) is 9.48. The lowest BCUT2D eigenvalue weighted by atomic mass is 10.1. The standard InChI is InChI=1S/C11H19/c1-3-5-7-9-11-10-8-6-4-2/h3-4,6,11H,1,5,7-10H2,2H3. The van der Waals surface area contributed by atoms with Crippen molar-refractivity contribution in [2.24, 2.45) is 0 Å². The Morgan fingerprint density at radius 1 is 1.09 bits per heavy atom. The average Bonchev–Trinajstić information content (AvgIpc) is 2.03. The maximum absolute atomic E-state index is 3.68. The molecule has 0 saturated heterocycles. The molecule has 1 radical (unpaired) electrons. The molecule has 0 nitrogen and oxygen atoms in total. The van der Waals surface area contributed by atoms with Crippen LogP contribution in [0.1, 0.15) is 39.0 Å². The lowest BCUT2D eigenvalue weighted by molar-refractivity contribution is 0.779. The maximum Gasteiger partial charge on any atom is -0.0348 e. The third-order valence-corrected chi connectivity index (χ3v) is 1.59. The Morgan fingerprint density at radius 3 is 2.55 bits per heavy atom. The first kappa shape index (κ1) is 10.5. The Labute approximate surface area is 71.0 Å². The Morgan fingerprint density at radius 2 is 1.91 bits per heavy atom. The largest absolute Gasteiger partial charge is 0.103 e. The molecule has 0 saturated carbocycles. The first-order chi connectivity index (χ1) is 5.41. The summed E-state index contributed by atoms with van der Waals surface area (Å²) in [6, 6.07) is 0. The average molecular weight is 151 g/mol. The molecule has 0 amide bonds. The van der Waals surface area contributed by atoms with Gasteiger partial charge in [0.1, 0.15) is 0 Å². The predicted octanol–water partition coefficient (Wildman–Crippen LogP) is 3.90. The van der Waals surface area contributed by atoms with E-state index in [9.17, 15) is 0 Å². The van der Waals surface area contributed by atoms with Crippen LogP contribution in [0.25, 0.3) is 0 Å². The fourth-order valence-electron chi connectivity index (χ4n) is 0.932. The van der Waals surface area contributed by atoms with Gasteiger partial charge < -0.3 is 0 Å². The molecule has 0 spiro atoms. The quantitative estimate of drug-likeness (QED) is 0.382. The molecule has 0 N–H and O–H groups in total. The van der Waals surface area contributed by atoms with Gasteiger partial charge in [0.15, 0.2) is 0 Å². The van der Waals surface area contributed by atoms with Crippen molar-refractivity contribution < 1.29 is 0 Å². The zero-order chi connectivity index (χ0) is 8.36. The minimum atomic E-state index is 1.15. The van der Waals surface area contributed by atoms with E-state index in [-0.39, 0.29) is 0 Å². The number of unbranched alkanes of at least 4 members (excludes halogenated alkanes) is 5. The van der Waals surface area contributed by atoms with E-state index in [1.165, 1.54) is 25.7 Å². The molecule has 0 aliphatic carbocycles. The van der Waals surface area contributed by atoms with Gasteiger partial charge in [-0.05, 0) is 45.4 Å². The van der Waals surface area contributed by atoms with E-state index in [4.69, 9.17) is 0 Å². The van der Waals surface area contributed by atoms with Crippen molar-refractivity contribution in [3.63, 3.8) is 0 Å². The van der Waals surface area contributed by atoms with Crippen molar-refractivity contribution in [2.45, 2.75) is 39.0 Å². The van der Waals surface area contributed by atoms with Crippen LogP contribution in [0.5, 0.6) is 0 Å². The summed E-state index contributed by atoms with van der Waals surface area (Å²) in [5.74, 6) is 0. The summed E-state index contributed by atoms with van der Waals surface area (Å²) >= 11 is 0. The van der Waals surface area contributed by atoms with Crippen LogP contribution >= 0.6 is 0 Å². The molecule has 0 aromatic carbocycles. The van der Waals surface area contributed by atoms with Crippen LogP contribution in [-0.4, -0.2) is 0 Å². The monoisotopic (exact) mass is 151 g/mol. The first-order valence-corrected chi connectivity index (χ1v) is 4.45. The lowest BCUT2D eigenvalue weighted by Gasteiger charge is -1.95. The molecule has 0 bridgehead atoms. The topological polar surface area (TPSA) is 0 Å². The molecular formula is C11H19. The molecule has 0 aliphatic heterocycles. The zero-order valence-electron chi connectivity index (χ0n) is 7.55. The Balaban J connectivity index is 2.84. The minimum absolute atomic E-state index is 1.15. The van der Waals surface area contributed by atoms with E-state index >= 15 is 0 Å². The van der Waals surface area contributed by atoms with E-state index in [0.717, 1.165) is 6.42 Å². The van der Waals surface area contributed by atoms with Gasteiger partial charge in [0.05, 0.1) is 0 Å². The Bertz CT molecular complexity index is 101. The highest BCUT2D eigenvalue weighted by Gasteiger charge is 1.86. The van der Waals surface area contributed by atoms with Gasteiger partial charge in [0, 0.05) is 0 Å². The second-order valence-corrected chi connectivity index (χ2v) is 2.65. The van der Waals surface area contributed by atoms with Crippen LogP contribution in [0.15, 0.2) is 24.8 Å². The van der Waals surface area contributed by atoms with Crippen molar-refractivity contribution in [1.82, 2.24) is 0 Å². The van der Waals surface area contributed by atoms with E-state index < -0.39 is 0 Å². The lowest BCUT2D eigenvalue weighted by Crippen LogP contribution is -1.77. The van der Waals surface area contributed by atoms with Crippen LogP contribution in [0.4, 0.5) is 0 Å². The highest BCUT2D eigenvalue weighted by Crippen LogP contribution is 2.04. The van der Waals surface area contributed by atoms with Crippen LogP contribution in [0.3, 0.4) is 0 Å². The third-order valence-electron chi connectivity index (χ3n) is 1.59. The Kier molecular flexibility index (Phi) is 9.03. The van der Waals surface area contributed by atoms with Crippen LogP contribution < -0.4 is 0 Å². The third kappa shape index (κ3) is 9.48. The van der Waals surface area contributed by atoms with Crippen LogP contribution in [0, 0.1) is 6.42 Å². The van der Waals surface area contributed by atoms with Gasteiger partial charge in [0.25, 0.3) is 0 Å². The van der Waals surface area contributed by atoms with Gasteiger partial charge in [-0.1, -0.05) is 18.2 Å². The second-order valence-electron chi connectivity index (χ2n) is 2.65. The fraction of sp³-hybridized carbons (Fsp3) is 0.545. The molecule has 11 heavy (non-hydrogen) atoms. The molecule has 0 heterocycles. The van der Waals surface area contributed by atoms with Gasteiger partial charge in [0.2, 0.25) is 0 Å².